The van der Waals surface area contributed by atoms with Crippen LogP contribution in [0.4, 0.5) is 4.39 Å². The minimum absolute atomic E-state index is 0.0364. The highest BCUT2D eigenvalue weighted by Crippen LogP contribution is 2.52. The molecule has 0 N–H and O–H groups in total. The van der Waals surface area contributed by atoms with Crippen LogP contribution in [0.5, 0.6) is 11.5 Å². The third-order valence-corrected chi connectivity index (χ3v) is 7.02. The summed E-state index contributed by atoms with van der Waals surface area (Å²) in [6, 6.07) is 9.87. The second kappa shape index (κ2) is 8.74. The first kappa shape index (κ1) is 21.8. The van der Waals surface area contributed by atoms with Gasteiger partial charge in [0.05, 0.1) is 29.1 Å². The third kappa shape index (κ3) is 3.86. The molecule has 4 atom stereocenters. The molecule has 0 unspecified atom stereocenters. The molecule has 8 heteroatoms. The lowest BCUT2D eigenvalue weighted by atomic mass is 9.85. The van der Waals surface area contributed by atoms with Gasteiger partial charge in [-0.3, -0.25) is 9.59 Å². The topological polar surface area (TPSA) is 68.2 Å². The fourth-order valence-corrected chi connectivity index (χ4v) is 5.53. The summed E-state index contributed by atoms with van der Waals surface area (Å²) in [6.07, 6.45) is 6.45. The van der Waals surface area contributed by atoms with Crippen LogP contribution in [0.3, 0.4) is 0 Å². The highest BCUT2D eigenvalue weighted by atomic mass is 79.9. The number of carbonyl (C=O) groups excluding carboxylic acids is 2. The lowest BCUT2D eigenvalue weighted by Gasteiger charge is -2.15. The highest BCUT2D eigenvalue weighted by molar-refractivity contribution is 9.10. The SMILES string of the molecule is CCOc1cc(C=NN2C(=O)[C@@H]3[C@H](C2=O)[C@H]2C=C[C@H]3C2)cc(Br)c1OCc1ccccc1F. The summed E-state index contributed by atoms with van der Waals surface area (Å²) in [5.74, 6) is -0.218. The van der Waals surface area contributed by atoms with Gasteiger partial charge in [0, 0.05) is 5.56 Å². The van der Waals surface area contributed by atoms with Crippen molar-refractivity contribution in [3.8, 4) is 11.5 Å². The zero-order valence-corrected chi connectivity index (χ0v) is 19.5. The van der Waals surface area contributed by atoms with E-state index in [-0.39, 0.29) is 47.9 Å². The molecule has 6 nitrogen and oxygen atoms in total. The average molecular weight is 513 g/mol. The van der Waals surface area contributed by atoms with Crippen molar-refractivity contribution in [3.63, 3.8) is 0 Å². The summed E-state index contributed by atoms with van der Waals surface area (Å²) in [4.78, 5) is 25.6. The molecule has 1 heterocycles. The van der Waals surface area contributed by atoms with E-state index in [0.717, 1.165) is 11.4 Å². The van der Waals surface area contributed by atoms with Crippen LogP contribution in [-0.2, 0) is 16.2 Å². The first-order valence-electron chi connectivity index (χ1n) is 10.9. The lowest BCUT2D eigenvalue weighted by molar-refractivity contribution is -0.140. The van der Waals surface area contributed by atoms with Gasteiger partial charge in [-0.1, -0.05) is 30.4 Å². The van der Waals surface area contributed by atoms with Crippen LogP contribution in [0.15, 0.2) is 58.1 Å². The average Bonchev–Trinajstić information content (AvgIpc) is 3.47. The number of imide groups is 1. The molecule has 1 saturated carbocycles. The monoisotopic (exact) mass is 512 g/mol. The molecule has 1 aliphatic heterocycles. The maximum absolute atomic E-state index is 14.0. The quantitative estimate of drug-likeness (QED) is 0.306. The van der Waals surface area contributed by atoms with E-state index in [2.05, 4.69) is 33.2 Å². The van der Waals surface area contributed by atoms with E-state index in [9.17, 15) is 14.0 Å². The van der Waals surface area contributed by atoms with E-state index in [1.807, 2.05) is 6.92 Å². The van der Waals surface area contributed by atoms with Crippen LogP contribution in [-0.4, -0.2) is 29.6 Å². The summed E-state index contributed by atoms with van der Waals surface area (Å²) in [7, 11) is 0. The largest absolute Gasteiger partial charge is 0.490 e. The molecule has 2 fully saturated rings. The van der Waals surface area contributed by atoms with Gasteiger partial charge in [-0.2, -0.15) is 10.1 Å². The van der Waals surface area contributed by atoms with Crippen LogP contribution in [0.1, 0.15) is 24.5 Å². The van der Waals surface area contributed by atoms with E-state index < -0.39 is 0 Å². The second-order valence-corrected chi connectivity index (χ2v) is 9.23. The smallest absolute Gasteiger partial charge is 0.254 e. The standard InChI is InChI=1S/C25H22BrFN2O4/c1-2-32-20-10-14(9-18(26)23(20)33-13-17-5-3-4-6-19(17)27)12-28-29-24(30)21-15-7-8-16(11-15)22(21)25(29)31/h3-10,12,15-16,21-22H,2,11,13H2,1H3/t15-,16-,21-,22+/m0/s1. The molecule has 5 rings (SSSR count). The third-order valence-electron chi connectivity index (χ3n) is 6.43. The molecule has 0 aromatic heterocycles. The highest BCUT2D eigenvalue weighted by Gasteiger charge is 2.59. The van der Waals surface area contributed by atoms with E-state index in [4.69, 9.17) is 9.47 Å². The van der Waals surface area contributed by atoms with Gasteiger partial charge in [-0.05, 0) is 64.9 Å². The van der Waals surface area contributed by atoms with Crippen LogP contribution in [0.2, 0.25) is 0 Å². The second-order valence-electron chi connectivity index (χ2n) is 8.38. The Morgan fingerprint density at radius 1 is 1.12 bits per heavy atom. The lowest BCUT2D eigenvalue weighted by Crippen LogP contribution is -2.28. The molecular weight excluding hydrogens is 491 g/mol. The number of halogens is 2. The molecule has 1 saturated heterocycles. The molecule has 2 bridgehead atoms. The number of carbonyl (C=O) groups is 2. The maximum Gasteiger partial charge on any atom is 0.254 e. The van der Waals surface area contributed by atoms with E-state index in [1.165, 1.54) is 12.3 Å². The van der Waals surface area contributed by atoms with E-state index in [1.54, 1.807) is 30.3 Å². The molecule has 2 aromatic carbocycles. The summed E-state index contributed by atoms with van der Waals surface area (Å²) in [6.45, 7) is 2.28. The van der Waals surface area contributed by atoms with Gasteiger partial charge in [0.1, 0.15) is 12.4 Å². The summed E-state index contributed by atoms with van der Waals surface area (Å²) in [5.41, 5.74) is 1.06. The van der Waals surface area contributed by atoms with E-state index >= 15 is 0 Å². The molecule has 170 valence electrons. The van der Waals surface area contributed by atoms with Gasteiger partial charge in [-0.15, -0.1) is 0 Å². The zero-order valence-electron chi connectivity index (χ0n) is 17.9. The Kier molecular flexibility index (Phi) is 5.78. The van der Waals surface area contributed by atoms with Crippen LogP contribution >= 0.6 is 15.9 Å². The number of hydrazone groups is 1. The van der Waals surface area contributed by atoms with Crippen molar-refractivity contribution in [1.29, 1.82) is 0 Å². The van der Waals surface area contributed by atoms with Crippen molar-refractivity contribution in [2.75, 3.05) is 6.61 Å². The summed E-state index contributed by atoms with van der Waals surface area (Å²) in [5, 5.41) is 5.24. The number of nitrogens with zero attached hydrogens (tertiary/aromatic N) is 2. The molecular formula is C25H22BrFN2O4. The minimum Gasteiger partial charge on any atom is -0.490 e. The number of benzene rings is 2. The van der Waals surface area contributed by atoms with Gasteiger partial charge >= 0.3 is 0 Å². The molecule has 3 aliphatic rings. The van der Waals surface area contributed by atoms with Crippen LogP contribution in [0, 0.1) is 29.5 Å². The number of amides is 2. The molecule has 2 amide bonds. The summed E-state index contributed by atoms with van der Waals surface area (Å²) >= 11 is 3.48. The van der Waals surface area contributed by atoms with Gasteiger partial charge in [0.15, 0.2) is 11.5 Å². The Balaban J connectivity index is 1.36. The number of ether oxygens (including phenoxy) is 2. The fraction of sp³-hybridized carbons (Fsp3) is 0.320. The Morgan fingerprint density at radius 2 is 1.82 bits per heavy atom. The maximum atomic E-state index is 14.0. The number of rotatable bonds is 7. The van der Waals surface area contributed by atoms with Crippen molar-refractivity contribution < 1.29 is 23.5 Å². The first-order valence-corrected chi connectivity index (χ1v) is 11.7. The fourth-order valence-electron chi connectivity index (χ4n) is 4.96. The molecule has 2 aromatic rings. The molecule has 2 aliphatic carbocycles. The molecule has 33 heavy (non-hydrogen) atoms. The number of hydrogen-bond donors (Lipinski definition) is 0. The first-order chi connectivity index (χ1) is 16.0. The van der Waals surface area contributed by atoms with Crippen LogP contribution < -0.4 is 9.47 Å². The number of fused-ring (bicyclic) bond motifs is 5. The number of allylic oxidation sites excluding steroid dienone is 2. The predicted molar refractivity (Wildman–Crippen MR) is 123 cm³/mol. The number of hydrogen-bond acceptors (Lipinski definition) is 5. The Labute approximate surface area is 199 Å². The van der Waals surface area contributed by atoms with Gasteiger partial charge in [0.2, 0.25) is 0 Å². The van der Waals surface area contributed by atoms with Crippen molar-refractivity contribution in [2.24, 2.45) is 28.8 Å². The van der Waals surface area contributed by atoms with Gasteiger partial charge in [0.25, 0.3) is 11.8 Å². The van der Waals surface area contributed by atoms with Gasteiger partial charge < -0.3 is 9.47 Å². The van der Waals surface area contributed by atoms with Crippen LogP contribution in [0.25, 0.3) is 0 Å². The zero-order chi connectivity index (χ0) is 23.1. The van der Waals surface area contributed by atoms with Crippen molar-refractivity contribution in [1.82, 2.24) is 5.01 Å². The predicted octanol–water partition coefficient (Wildman–Crippen LogP) is 4.71. The van der Waals surface area contributed by atoms with Crippen molar-refractivity contribution in [3.05, 3.63) is 70.0 Å². The minimum atomic E-state index is -0.344. The van der Waals surface area contributed by atoms with Crippen molar-refractivity contribution in [2.45, 2.75) is 20.0 Å². The normalized spacial score (nSPS) is 25.4. The van der Waals surface area contributed by atoms with Crippen molar-refractivity contribution >= 4 is 34.0 Å². The summed E-state index contributed by atoms with van der Waals surface area (Å²) < 4.78 is 26.1. The molecule has 0 radical (unpaired) electrons. The Morgan fingerprint density at radius 3 is 2.48 bits per heavy atom. The Bertz CT molecular complexity index is 1150. The molecule has 0 spiro atoms. The van der Waals surface area contributed by atoms with Gasteiger partial charge in [-0.25, -0.2) is 4.39 Å². The van der Waals surface area contributed by atoms with E-state index in [0.29, 0.717) is 33.7 Å². The Hall–Kier alpha value is -3.00.